The molecule has 1 unspecified atom stereocenters. The number of rotatable bonds is 5. The molecule has 1 aromatic carbocycles. The van der Waals surface area contributed by atoms with Crippen LogP contribution in [0.15, 0.2) is 23.1 Å². The first-order valence-corrected chi connectivity index (χ1v) is 8.17. The van der Waals surface area contributed by atoms with Crippen LogP contribution in [-0.2, 0) is 14.6 Å². The van der Waals surface area contributed by atoms with Gasteiger partial charge in [-0.15, -0.1) is 0 Å². The number of nitrogens with two attached hydrogens (primary N) is 1. The molecule has 0 bridgehead atoms. The van der Waals surface area contributed by atoms with Crippen molar-refractivity contribution in [2.24, 2.45) is 5.92 Å². The van der Waals surface area contributed by atoms with Crippen LogP contribution in [0.5, 0.6) is 0 Å². The van der Waals surface area contributed by atoms with E-state index in [1.807, 2.05) is 20.8 Å². The number of nitrogen functional groups attached to an aromatic ring is 1. The van der Waals surface area contributed by atoms with E-state index in [2.05, 4.69) is 5.32 Å². The molecule has 20 heavy (non-hydrogen) atoms. The molecule has 112 valence electrons. The summed E-state index contributed by atoms with van der Waals surface area (Å²) in [6.45, 7) is 7.44. The average molecular weight is 298 g/mol. The molecule has 0 heterocycles. The molecule has 3 N–H and O–H groups in total. The van der Waals surface area contributed by atoms with Crippen molar-refractivity contribution in [2.75, 3.05) is 11.5 Å². The fourth-order valence-electron chi connectivity index (χ4n) is 1.73. The van der Waals surface area contributed by atoms with Crippen molar-refractivity contribution in [3.05, 3.63) is 23.8 Å². The lowest BCUT2D eigenvalue weighted by Gasteiger charge is -2.17. The minimum atomic E-state index is -3.65. The molecule has 0 saturated carbocycles. The van der Waals surface area contributed by atoms with Crippen molar-refractivity contribution in [1.29, 1.82) is 0 Å². The topological polar surface area (TPSA) is 89.3 Å². The molecule has 0 aliphatic rings. The lowest BCUT2D eigenvalue weighted by atomic mass is 10.1. The molecule has 0 radical (unpaired) electrons. The number of carbonyl (C=O) groups excluding carboxylic acids is 1. The molecule has 0 aliphatic carbocycles. The maximum absolute atomic E-state index is 12.2. The number of nitrogens with one attached hydrogen (secondary N) is 1. The Morgan fingerprint density at radius 1 is 1.30 bits per heavy atom. The molecule has 1 atom stereocenters. The zero-order valence-corrected chi connectivity index (χ0v) is 13.1. The molecule has 0 saturated heterocycles. The first-order valence-electron chi connectivity index (χ1n) is 6.51. The van der Waals surface area contributed by atoms with Gasteiger partial charge in [0.1, 0.15) is 5.75 Å². The largest absolute Gasteiger partial charge is 0.399 e. The Morgan fingerprint density at radius 3 is 2.40 bits per heavy atom. The first-order chi connectivity index (χ1) is 9.13. The van der Waals surface area contributed by atoms with Crippen molar-refractivity contribution >= 4 is 21.4 Å². The van der Waals surface area contributed by atoms with Crippen molar-refractivity contribution in [3.63, 3.8) is 0 Å². The van der Waals surface area contributed by atoms with Crippen molar-refractivity contribution in [1.82, 2.24) is 5.32 Å². The van der Waals surface area contributed by atoms with E-state index >= 15 is 0 Å². The monoisotopic (exact) mass is 298 g/mol. The van der Waals surface area contributed by atoms with Gasteiger partial charge in [0.05, 0.1) is 4.90 Å². The van der Waals surface area contributed by atoms with Crippen LogP contribution in [-0.4, -0.2) is 26.1 Å². The Kier molecular flexibility index (Phi) is 5.16. The second-order valence-corrected chi connectivity index (χ2v) is 7.34. The van der Waals surface area contributed by atoms with E-state index in [0.717, 1.165) is 0 Å². The molecule has 0 fully saturated rings. The second kappa shape index (κ2) is 6.26. The van der Waals surface area contributed by atoms with Crippen LogP contribution in [0.3, 0.4) is 0 Å². The number of hydrogen-bond acceptors (Lipinski definition) is 4. The zero-order valence-electron chi connectivity index (χ0n) is 12.3. The molecule has 5 nitrogen and oxygen atoms in total. The first kappa shape index (κ1) is 16.5. The maximum atomic E-state index is 12.2. The van der Waals surface area contributed by atoms with Gasteiger partial charge in [-0.1, -0.05) is 13.8 Å². The molecule has 1 aromatic rings. The highest BCUT2D eigenvalue weighted by Gasteiger charge is 2.22. The third kappa shape index (κ3) is 4.23. The predicted octanol–water partition coefficient (Wildman–Crippen LogP) is 1.51. The Balaban J connectivity index is 2.87. The highest BCUT2D eigenvalue weighted by atomic mass is 32.2. The molecule has 1 amide bonds. The van der Waals surface area contributed by atoms with Crippen molar-refractivity contribution < 1.29 is 13.2 Å². The highest BCUT2D eigenvalue weighted by molar-refractivity contribution is 7.92. The molecule has 0 spiro atoms. The summed E-state index contributed by atoms with van der Waals surface area (Å²) in [5.41, 5.74) is 6.65. The fraction of sp³-hybridized carbons (Fsp3) is 0.500. The van der Waals surface area contributed by atoms with Crippen LogP contribution in [0.1, 0.15) is 26.3 Å². The van der Waals surface area contributed by atoms with Crippen LogP contribution in [0.25, 0.3) is 0 Å². The summed E-state index contributed by atoms with van der Waals surface area (Å²) in [6.07, 6.45) is 0. The van der Waals surface area contributed by atoms with E-state index in [9.17, 15) is 13.2 Å². The normalized spacial score (nSPS) is 13.2. The smallest absolute Gasteiger partial charge is 0.235 e. The van der Waals surface area contributed by atoms with Gasteiger partial charge in [0.2, 0.25) is 5.91 Å². The van der Waals surface area contributed by atoms with Crippen LogP contribution < -0.4 is 11.1 Å². The summed E-state index contributed by atoms with van der Waals surface area (Å²) >= 11 is 0. The summed E-state index contributed by atoms with van der Waals surface area (Å²) in [5, 5.41) is 2.69. The quantitative estimate of drug-likeness (QED) is 0.806. The number of hydrogen-bond donors (Lipinski definition) is 2. The second-order valence-electron chi connectivity index (χ2n) is 5.38. The molecule has 1 rings (SSSR count). The molecule has 0 aromatic heterocycles. The number of aryl methyl sites for hydroxylation is 1. The fourth-order valence-corrected chi connectivity index (χ4v) is 3.14. The Bertz CT molecular complexity index is 594. The Morgan fingerprint density at radius 2 is 1.90 bits per heavy atom. The summed E-state index contributed by atoms with van der Waals surface area (Å²) in [4.78, 5) is 12.0. The Hall–Kier alpha value is -1.56. The molecular weight excluding hydrogens is 276 g/mol. The molecule has 6 heteroatoms. The van der Waals surface area contributed by atoms with E-state index in [1.165, 1.54) is 12.1 Å². The van der Waals surface area contributed by atoms with Gasteiger partial charge in [-0.2, -0.15) is 0 Å². The molecular formula is C14H22N2O3S. The minimum Gasteiger partial charge on any atom is -0.399 e. The SMILES string of the molecule is Cc1cc(N)ccc1S(=O)(=O)CC(=O)NC(C)C(C)C. The number of benzene rings is 1. The predicted molar refractivity (Wildman–Crippen MR) is 80.1 cm³/mol. The third-order valence-corrected chi connectivity index (χ3v) is 5.01. The van der Waals surface area contributed by atoms with Gasteiger partial charge in [0.15, 0.2) is 9.84 Å². The lowest BCUT2D eigenvalue weighted by Crippen LogP contribution is -2.39. The number of anilines is 1. The van der Waals surface area contributed by atoms with Crippen LogP contribution >= 0.6 is 0 Å². The number of amides is 1. The zero-order chi connectivity index (χ0) is 15.5. The highest BCUT2D eigenvalue weighted by Crippen LogP contribution is 2.19. The number of sulfone groups is 1. The summed E-state index contributed by atoms with van der Waals surface area (Å²) in [5.74, 6) is -0.781. The van der Waals surface area contributed by atoms with Gasteiger partial charge in [-0.3, -0.25) is 4.79 Å². The van der Waals surface area contributed by atoms with Crippen molar-refractivity contribution in [3.8, 4) is 0 Å². The van der Waals surface area contributed by atoms with E-state index < -0.39 is 21.5 Å². The summed E-state index contributed by atoms with van der Waals surface area (Å²) in [6, 6.07) is 4.49. The standard InChI is InChI=1S/C14H22N2O3S/c1-9(2)11(4)16-14(17)8-20(18,19)13-6-5-12(15)7-10(13)3/h5-7,9,11H,8,15H2,1-4H3,(H,16,17). The molecule has 0 aliphatic heterocycles. The summed E-state index contributed by atoms with van der Waals surface area (Å²) in [7, 11) is -3.65. The van der Waals surface area contributed by atoms with Gasteiger partial charge in [-0.05, 0) is 43.5 Å². The third-order valence-electron chi connectivity index (χ3n) is 3.24. The van der Waals surface area contributed by atoms with Gasteiger partial charge in [0.25, 0.3) is 0 Å². The average Bonchev–Trinajstić information content (AvgIpc) is 2.26. The summed E-state index contributed by atoms with van der Waals surface area (Å²) < 4.78 is 24.4. The van der Waals surface area contributed by atoms with Crippen LogP contribution in [0.4, 0.5) is 5.69 Å². The van der Waals surface area contributed by atoms with Gasteiger partial charge >= 0.3 is 0 Å². The van der Waals surface area contributed by atoms with E-state index in [0.29, 0.717) is 11.3 Å². The van der Waals surface area contributed by atoms with E-state index in [-0.39, 0.29) is 16.9 Å². The maximum Gasteiger partial charge on any atom is 0.235 e. The lowest BCUT2D eigenvalue weighted by molar-refractivity contribution is -0.119. The van der Waals surface area contributed by atoms with Gasteiger partial charge < -0.3 is 11.1 Å². The van der Waals surface area contributed by atoms with E-state index in [1.54, 1.807) is 13.0 Å². The minimum absolute atomic E-state index is 0.0646. The van der Waals surface area contributed by atoms with E-state index in [4.69, 9.17) is 5.73 Å². The van der Waals surface area contributed by atoms with Crippen LogP contribution in [0.2, 0.25) is 0 Å². The van der Waals surface area contributed by atoms with Crippen molar-refractivity contribution in [2.45, 2.75) is 38.6 Å². The van der Waals surface area contributed by atoms with Crippen LogP contribution in [0, 0.1) is 12.8 Å². The van der Waals surface area contributed by atoms with Gasteiger partial charge in [0, 0.05) is 11.7 Å². The van der Waals surface area contributed by atoms with Gasteiger partial charge in [-0.25, -0.2) is 8.42 Å². The number of carbonyl (C=O) groups is 1. The Labute approximate surface area is 120 Å².